The van der Waals surface area contributed by atoms with Crippen LogP contribution in [0.2, 0.25) is 0 Å². The summed E-state index contributed by atoms with van der Waals surface area (Å²) in [6.45, 7) is 2.54. The highest BCUT2D eigenvalue weighted by molar-refractivity contribution is 6.02. The molecule has 17 heavy (non-hydrogen) atoms. The highest BCUT2D eigenvalue weighted by atomic mass is 16.5. The van der Waals surface area contributed by atoms with Gasteiger partial charge in [0.1, 0.15) is 5.60 Å². The first-order valence-electron chi connectivity index (χ1n) is 6.35. The molecule has 1 fully saturated rings. The van der Waals surface area contributed by atoms with Gasteiger partial charge in [-0.05, 0) is 19.8 Å². The Hall–Kier alpha value is -1.16. The van der Waals surface area contributed by atoms with Gasteiger partial charge in [-0.25, -0.2) is 0 Å². The van der Waals surface area contributed by atoms with Crippen LogP contribution in [0.5, 0.6) is 0 Å². The third-order valence-corrected chi connectivity index (χ3v) is 3.46. The SMILES string of the molecule is CCOC1(C(=O)c2cnn(C)c2)CCCCC1. The second-order valence-electron chi connectivity index (χ2n) is 4.72. The van der Waals surface area contributed by atoms with Crippen LogP contribution in [0.15, 0.2) is 12.4 Å². The van der Waals surface area contributed by atoms with Crippen LogP contribution in [0.25, 0.3) is 0 Å². The Morgan fingerprint density at radius 3 is 2.71 bits per heavy atom. The molecule has 0 spiro atoms. The highest BCUT2D eigenvalue weighted by Gasteiger charge is 2.40. The first-order chi connectivity index (χ1) is 8.18. The fourth-order valence-electron chi connectivity index (χ4n) is 2.64. The minimum Gasteiger partial charge on any atom is -0.367 e. The molecule has 0 atom stereocenters. The summed E-state index contributed by atoms with van der Waals surface area (Å²) < 4.78 is 7.47. The maximum atomic E-state index is 12.5. The largest absolute Gasteiger partial charge is 0.367 e. The Balaban J connectivity index is 2.23. The molecule has 1 saturated carbocycles. The third kappa shape index (κ3) is 2.41. The number of aromatic nitrogens is 2. The smallest absolute Gasteiger partial charge is 0.197 e. The summed E-state index contributed by atoms with van der Waals surface area (Å²) in [6.07, 6.45) is 8.45. The first kappa shape index (κ1) is 12.3. The van der Waals surface area contributed by atoms with Gasteiger partial charge in [0.15, 0.2) is 5.78 Å². The maximum Gasteiger partial charge on any atom is 0.197 e. The van der Waals surface area contributed by atoms with E-state index in [1.807, 2.05) is 14.0 Å². The lowest BCUT2D eigenvalue weighted by Crippen LogP contribution is -2.43. The normalized spacial score (nSPS) is 19.2. The Morgan fingerprint density at radius 2 is 2.18 bits per heavy atom. The van der Waals surface area contributed by atoms with E-state index in [9.17, 15) is 4.79 Å². The van der Waals surface area contributed by atoms with E-state index in [-0.39, 0.29) is 5.78 Å². The molecule has 1 aromatic rings. The highest BCUT2D eigenvalue weighted by Crippen LogP contribution is 2.34. The molecule has 0 amide bonds. The molecule has 0 saturated heterocycles. The molecule has 1 aromatic heterocycles. The summed E-state index contributed by atoms with van der Waals surface area (Å²) in [4.78, 5) is 12.5. The van der Waals surface area contributed by atoms with E-state index in [2.05, 4.69) is 5.10 Å². The van der Waals surface area contributed by atoms with Crippen molar-refractivity contribution in [1.82, 2.24) is 9.78 Å². The number of carbonyl (C=O) groups is 1. The van der Waals surface area contributed by atoms with E-state index in [0.717, 1.165) is 25.7 Å². The van der Waals surface area contributed by atoms with E-state index < -0.39 is 5.60 Å². The Kier molecular flexibility index (Phi) is 3.62. The number of ether oxygens (including phenoxy) is 1. The zero-order valence-electron chi connectivity index (χ0n) is 10.6. The molecule has 1 aliphatic carbocycles. The second-order valence-corrected chi connectivity index (χ2v) is 4.72. The molecule has 0 radical (unpaired) electrons. The van der Waals surface area contributed by atoms with E-state index in [0.29, 0.717) is 12.2 Å². The van der Waals surface area contributed by atoms with Gasteiger partial charge >= 0.3 is 0 Å². The van der Waals surface area contributed by atoms with Crippen LogP contribution >= 0.6 is 0 Å². The minimum atomic E-state index is -0.587. The van der Waals surface area contributed by atoms with Crippen molar-refractivity contribution in [3.05, 3.63) is 18.0 Å². The number of aryl methyl sites for hydroxylation is 1. The van der Waals surface area contributed by atoms with Gasteiger partial charge in [0.2, 0.25) is 0 Å². The molecule has 0 aliphatic heterocycles. The molecular formula is C13H20N2O2. The van der Waals surface area contributed by atoms with Gasteiger partial charge in [0, 0.05) is 19.9 Å². The lowest BCUT2D eigenvalue weighted by molar-refractivity contribution is -0.0411. The van der Waals surface area contributed by atoms with Gasteiger partial charge in [0.05, 0.1) is 11.8 Å². The van der Waals surface area contributed by atoms with Gasteiger partial charge in [-0.2, -0.15) is 5.10 Å². The monoisotopic (exact) mass is 236 g/mol. The van der Waals surface area contributed by atoms with E-state index in [4.69, 9.17) is 4.74 Å². The van der Waals surface area contributed by atoms with Crippen LogP contribution < -0.4 is 0 Å². The zero-order chi connectivity index (χ0) is 12.3. The van der Waals surface area contributed by atoms with Crippen molar-refractivity contribution in [2.24, 2.45) is 7.05 Å². The quantitative estimate of drug-likeness (QED) is 0.754. The Labute approximate surface area is 102 Å². The van der Waals surface area contributed by atoms with E-state index >= 15 is 0 Å². The van der Waals surface area contributed by atoms with Gasteiger partial charge < -0.3 is 4.74 Å². The van der Waals surface area contributed by atoms with Crippen LogP contribution in [-0.2, 0) is 11.8 Å². The average molecular weight is 236 g/mol. The first-order valence-corrected chi connectivity index (χ1v) is 6.35. The molecule has 0 bridgehead atoms. The number of hydrogen-bond donors (Lipinski definition) is 0. The van der Waals surface area contributed by atoms with Gasteiger partial charge in [-0.1, -0.05) is 19.3 Å². The van der Waals surface area contributed by atoms with Crippen molar-refractivity contribution in [2.45, 2.75) is 44.6 Å². The fraction of sp³-hybridized carbons (Fsp3) is 0.692. The molecular weight excluding hydrogens is 216 g/mol. The van der Waals surface area contributed by atoms with Crippen molar-refractivity contribution < 1.29 is 9.53 Å². The predicted octanol–water partition coefficient (Wildman–Crippen LogP) is 2.34. The van der Waals surface area contributed by atoms with E-state index in [1.165, 1.54) is 6.42 Å². The van der Waals surface area contributed by atoms with Crippen LogP contribution in [0, 0.1) is 0 Å². The molecule has 0 N–H and O–H groups in total. The Bertz CT molecular complexity index is 386. The van der Waals surface area contributed by atoms with Crippen LogP contribution in [0.4, 0.5) is 0 Å². The summed E-state index contributed by atoms with van der Waals surface area (Å²) in [5, 5.41) is 4.06. The molecule has 94 valence electrons. The second kappa shape index (κ2) is 5.00. The van der Waals surface area contributed by atoms with E-state index in [1.54, 1.807) is 17.1 Å². The molecule has 1 heterocycles. The molecule has 1 aliphatic rings. The number of carbonyl (C=O) groups excluding carboxylic acids is 1. The van der Waals surface area contributed by atoms with Crippen LogP contribution in [0.3, 0.4) is 0 Å². The fourth-order valence-corrected chi connectivity index (χ4v) is 2.64. The third-order valence-electron chi connectivity index (χ3n) is 3.46. The Morgan fingerprint density at radius 1 is 1.47 bits per heavy atom. The average Bonchev–Trinajstić information content (AvgIpc) is 2.76. The standard InChI is InChI=1S/C13H20N2O2/c1-3-17-13(7-5-4-6-8-13)12(16)11-9-14-15(2)10-11/h9-10H,3-8H2,1-2H3. The molecule has 4 nitrogen and oxygen atoms in total. The lowest BCUT2D eigenvalue weighted by Gasteiger charge is -2.35. The number of Topliss-reactive ketones (excluding diaryl/α,β-unsaturated/α-hetero) is 1. The number of hydrogen-bond acceptors (Lipinski definition) is 3. The number of nitrogens with zero attached hydrogens (tertiary/aromatic N) is 2. The molecule has 4 heteroatoms. The van der Waals surface area contributed by atoms with Crippen molar-refractivity contribution in [2.75, 3.05) is 6.61 Å². The lowest BCUT2D eigenvalue weighted by atomic mass is 9.80. The van der Waals surface area contributed by atoms with Crippen molar-refractivity contribution in [3.8, 4) is 0 Å². The molecule has 2 rings (SSSR count). The van der Waals surface area contributed by atoms with Gasteiger partial charge in [-0.3, -0.25) is 9.48 Å². The summed E-state index contributed by atoms with van der Waals surface area (Å²) in [5.74, 6) is 0.104. The number of ketones is 1. The summed E-state index contributed by atoms with van der Waals surface area (Å²) >= 11 is 0. The summed E-state index contributed by atoms with van der Waals surface area (Å²) in [6, 6.07) is 0. The van der Waals surface area contributed by atoms with Crippen molar-refractivity contribution in [1.29, 1.82) is 0 Å². The van der Waals surface area contributed by atoms with Crippen molar-refractivity contribution >= 4 is 5.78 Å². The minimum absolute atomic E-state index is 0.104. The van der Waals surface area contributed by atoms with Gasteiger partial charge in [-0.15, -0.1) is 0 Å². The summed E-state index contributed by atoms with van der Waals surface area (Å²) in [5.41, 5.74) is 0.0820. The maximum absolute atomic E-state index is 12.5. The molecule has 0 unspecified atom stereocenters. The zero-order valence-corrected chi connectivity index (χ0v) is 10.6. The van der Waals surface area contributed by atoms with Crippen molar-refractivity contribution in [3.63, 3.8) is 0 Å². The van der Waals surface area contributed by atoms with Crippen LogP contribution in [-0.4, -0.2) is 27.8 Å². The summed E-state index contributed by atoms with van der Waals surface area (Å²) in [7, 11) is 1.82. The molecule has 0 aromatic carbocycles. The van der Waals surface area contributed by atoms with Crippen LogP contribution in [0.1, 0.15) is 49.4 Å². The predicted molar refractivity (Wildman–Crippen MR) is 65.0 cm³/mol. The number of rotatable bonds is 4. The van der Waals surface area contributed by atoms with Gasteiger partial charge in [0.25, 0.3) is 0 Å². The topological polar surface area (TPSA) is 44.1 Å².